The van der Waals surface area contributed by atoms with Crippen LogP contribution in [0.1, 0.15) is 16.7 Å². The van der Waals surface area contributed by atoms with E-state index >= 15 is 0 Å². The molecule has 0 aliphatic rings. The lowest BCUT2D eigenvalue weighted by atomic mass is 10.1. The molecule has 0 spiro atoms. The van der Waals surface area contributed by atoms with E-state index in [0.717, 1.165) is 34.1 Å². The SMILES string of the molecule is Cc1ccc(C)c(-n2nnnc2SCC(=O)OCC(=O)NC(=O)NCc2ccccc2)c1. The number of aryl methyl sites for hydroxylation is 2. The molecule has 1 aromatic heterocycles. The number of nitrogens with zero attached hydrogens (tertiary/aromatic N) is 4. The number of esters is 1. The van der Waals surface area contributed by atoms with Crippen molar-refractivity contribution in [2.75, 3.05) is 12.4 Å². The fourth-order valence-corrected chi connectivity index (χ4v) is 3.35. The number of hydrogen-bond donors (Lipinski definition) is 2. The van der Waals surface area contributed by atoms with E-state index < -0.39 is 24.5 Å². The van der Waals surface area contributed by atoms with Gasteiger partial charge in [0, 0.05) is 6.54 Å². The summed E-state index contributed by atoms with van der Waals surface area (Å²) >= 11 is 1.08. The quantitative estimate of drug-likeness (QED) is 0.390. The van der Waals surface area contributed by atoms with E-state index in [1.165, 1.54) is 0 Å². The minimum absolute atomic E-state index is 0.0985. The van der Waals surface area contributed by atoms with Gasteiger partial charge in [-0.3, -0.25) is 14.9 Å². The maximum Gasteiger partial charge on any atom is 0.321 e. The highest BCUT2D eigenvalue weighted by atomic mass is 32.2. The van der Waals surface area contributed by atoms with Crippen LogP contribution in [0.3, 0.4) is 0 Å². The first-order chi connectivity index (χ1) is 15.4. The Kier molecular flexibility index (Phi) is 7.92. The number of aromatic nitrogens is 4. The van der Waals surface area contributed by atoms with Crippen LogP contribution in [0.5, 0.6) is 0 Å². The standard InChI is InChI=1S/C21H22N6O4S/c1-14-8-9-15(2)17(10-14)27-21(24-25-26-27)32-13-19(29)31-12-18(28)23-20(30)22-11-16-6-4-3-5-7-16/h3-10H,11-13H2,1-2H3,(H2,22,23,28,30). The maximum absolute atomic E-state index is 12.0. The summed E-state index contributed by atoms with van der Waals surface area (Å²) in [6.45, 7) is 3.60. The molecule has 0 unspecified atom stereocenters. The van der Waals surface area contributed by atoms with Crippen LogP contribution in [-0.4, -0.2) is 50.5 Å². The molecule has 166 valence electrons. The number of carbonyl (C=O) groups excluding carboxylic acids is 3. The van der Waals surface area contributed by atoms with Crippen molar-refractivity contribution in [2.24, 2.45) is 0 Å². The molecule has 0 fully saturated rings. The van der Waals surface area contributed by atoms with Crippen LogP contribution < -0.4 is 10.6 Å². The van der Waals surface area contributed by atoms with Gasteiger partial charge in [0.25, 0.3) is 5.91 Å². The third-order valence-electron chi connectivity index (χ3n) is 4.27. The molecule has 3 rings (SSSR count). The summed E-state index contributed by atoms with van der Waals surface area (Å²) in [5.41, 5.74) is 3.73. The molecule has 11 heteroatoms. The van der Waals surface area contributed by atoms with Crippen molar-refractivity contribution >= 4 is 29.7 Å². The van der Waals surface area contributed by atoms with E-state index in [-0.39, 0.29) is 12.3 Å². The van der Waals surface area contributed by atoms with E-state index in [4.69, 9.17) is 4.74 Å². The molecule has 3 amide bonds. The second-order valence-electron chi connectivity index (χ2n) is 6.83. The number of thioether (sulfide) groups is 1. The Balaban J connectivity index is 1.42. The van der Waals surface area contributed by atoms with Crippen LogP contribution >= 0.6 is 11.8 Å². The normalized spacial score (nSPS) is 10.4. The van der Waals surface area contributed by atoms with Crippen molar-refractivity contribution < 1.29 is 19.1 Å². The van der Waals surface area contributed by atoms with Crippen LogP contribution in [0.2, 0.25) is 0 Å². The van der Waals surface area contributed by atoms with Gasteiger partial charge in [-0.05, 0) is 47.0 Å². The monoisotopic (exact) mass is 454 g/mol. The van der Waals surface area contributed by atoms with Crippen LogP contribution in [0, 0.1) is 13.8 Å². The van der Waals surface area contributed by atoms with E-state index in [9.17, 15) is 14.4 Å². The topological polar surface area (TPSA) is 128 Å². The van der Waals surface area contributed by atoms with E-state index in [2.05, 4.69) is 26.2 Å². The summed E-state index contributed by atoms with van der Waals surface area (Å²) in [6.07, 6.45) is 0. The average molecular weight is 455 g/mol. The van der Waals surface area contributed by atoms with Crippen LogP contribution in [-0.2, 0) is 20.9 Å². The van der Waals surface area contributed by atoms with E-state index in [1.54, 1.807) is 4.68 Å². The van der Waals surface area contributed by atoms with Gasteiger partial charge in [-0.25, -0.2) is 4.79 Å². The van der Waals surface area contributed by atoms with Gasteiger partial charge >= 0.3 is 12.0 Å². The second kappa shape index (κ2) is 11.0. The molecular weight excluding hydrogens is 432 g/mol. The van der Waals surface area contributed by atoms with Crippen molar-refractivity contribution in [3.63, 3.8) is 0 Å². The molecular formula is C21H22N6O4S. The molecule has 0 aliphatic carbocycles. The number of nitrogens with one attached hydrogen (secondary N) is 2. The second-order valence-corrected chi connectivity index (χ2v) is 7.77. The van der Waals surface area contributed by atoms with E-state index in [1.807, 2.05) is 62.4 Å². The van der Waals surface area contributed by atoms with Crippen molar-refractivity contribution in [1.29, 1.82) is 0 Å². The first-order valence-corrected chi connectivity index (χ1v) is 10.7. The van der Waals surface area contributed by atoms with Crippen LogP contribution in [0.4, 0.5) is 4.79 Å². The molecule has 10 nitrogen and oxygen atoms in total. The largest absolute Gasteiger partial charge is 0.455 e. The average Bonchev–Trinajstić information content (AvgIpc) is 3.25. The van der Waals surface area contributed by atoms with E-state index in [0.29, 0.717) is 5.16 Å². The van der Waals surface area contributed by atoms with Crippen molar-refractivity contribution in [1.82, 2.24) is 30.8 Å². The molecule has 3 aromatic rings. The molecule has 0 atom stereocenters. The lowest BCUT2D eigenvalue weighted by molar-refractivity contribution is -0.145. The smallest absolute Gasteiger partial charge is 0.321 e. The van der Waals surface area contributed by atoms with Gasteiger partial charge < -0.3 is 10.1 Å². The van der Waals surface area contributed by atoms with Crippen molar-refractivity contribution in [3.05, 3.63) is 65.2 Å². The number of hydrogen-bond acceptors (Lipinski definition) is 8. The number of ether oxygens (including phenoxy) is 1. The fraction of sp³-hybridized carbons (Fsp3) is 0.238. The number of imide groups is 1. The Bertz CT molecular complexity index is 1100. The van der Waals surface area contributed by atoms with Crippen LogP contribution in [0.15, 0.2) is 53.7 Å². The number of tetrazole rings is 1. The predicted molar refractivity (Wildman–Crippen MR) is 117 cm³/mol. The zero-order valence-corrected chi connectivity index (χ0v) is 18.4. The molecule has 2 aromatic carbocycles. The molecule has 32 heavy (non-hydrogen) atoms. The Morgan fingerprint density at radius 3 is 2.66 bits per heavy atom. The zero-order chi connectivity index (χ0) is 22.9. The lowest BCUT2D eigenvalue weighted by Gasteiger charge is -2.09. The van der Waals surface area contributed by atoms with Gasteiger partial charge in [0.1, 0.15) is 0 Å². The third-order valence-corrected chi connectivity index (χ3v) is 5.16. The highest BCUT2D eigenvalue weighted by Crippen LogP contribution is 2.21. The highest BCUT2D eigenvalue weighted by Gasteiger charge is 2.15. The summed E-state index contributed by atoms with van der Waals surface area (Å²) in [4.78, 5) is 35.6. The van der Waals surface area contributed by atoms with Gasteiger partial charge in [0.15, 0.2) is 6.61 Å². The molecule has 0 aliphatic heterocycles. The van der Waals surface area contributed by atoms with Gasteiger partial charge in [-0.2, -0.15) is 4.68 Å². The first kappa shape index (κ1) is 22.9. The summed E-state index contributed by atoms with van der Waals surface area (Å²) in [6, 6.07) is 14.5. The highest BCUT2D eigenvalue weighted by molar-refractivity contribution is 7.99. The molecule has 0 saturated heterocycles. The van der Waals surface area contributed by atoms with Gasteiger partial charge in [0.05, 0.1) is 11.4 Å². The van der Waals surface area contributed by atoms with Gasteiger partial charge in [-0.1, -0.05) is 54.2 Å². The van der Waals surface area contributed by atoms with Gasteiger partial charge in [0.2, 0.25) is 5.16 Å². The Morgan fingerprint density at radius 1 is 1.09 bits per heavy atom. The summed E-state index contributed by atoms with van der Waals surface area (Å²) in [5, 5.41) is 16.7. The number of rotatable bonds is 8. The Morgan fingerprint density at radius 2 is 1.88 bits per heavy atom. The maximum atomic E-state index is 12.0. The minimum Gasteiger partial charge on any atom is -0.455 e. The number of carbonyl (C=O) groups is 3. The van der Waals surface area contributed by atoms with Crippen LogP contribution in [0.25, 0.3) is 5.69 Å². The van der Waals surface area contributed by atoms with Crippen molar-refractivity contribution in [3.8, 4) is 5.69 Å². The lowest BCUT2D eigenvalue weighted by Crippen LogP contribution is -2.41. The third kappa shape index (κ3) is 6.64. The zero-order valence-electron chi connectivity index (χ0n) is 17.6. The number of benzene rings is 2. The molecule has 2 N–H and O–H groups in total. The molecule has 1 heterocycles. The molecule has 0 radical (unpaired) electrons. The minimum atomic E-state index is -0.728. The number of urea groups is 1. The number of amides is 3. The fourth-order valence-electron chi connectivity index (χ4n) is 2.66. The molecule has 0 bridgehead atoms. The summed E-state index contributed by atoms with van der Waals surface area (Å²) < 4.78 is 6.47. The summed E-state index contributed by atoms with van der Waals surface area (Å²) in [5.74, 6) is -1.46. The first-order valence-electron chi connectivity index (χ1n) is 9.68. The predicted octanol–water partition coefficient (Wildman–Crippen LogP) is 1.94. The van der Waals surface area contributed by atoms with Gasteiger partial charge in [-0.15, -0.1) is 5.10 Å². The van der Waals surface area contributed by atoms with Crippen molar-refractivity contribution in [2.45, 2.75) is 25.5 Å². The molecule has 0 saturated carbocycles. The Hall–Kier alpha value is -3.73. The Labute approximate surface area is 188 Å². The summed E-state index contributed by atoms with van der Waals surface area (Å²) in [7, 11) is 0.